The van der Waals surface area contributed by atoms with Gasteiger partial charge in [-0.15, -0.1) is 0 Å². The summed E-state index contributed by atoms with van der Waals surface area (Å²) in [6.07, 6.45) is 14.6. The molecule has 1 aliphatic carbocycles. The molecule has 0 N–H and O–H groups in total. The summed E-state index contributed by atoms with van der Waals surface area (Å²) in [6, 6.07) is 17.3. The van der Waals surface area contributed by atoms with Crippen molar-refractivity contribution >= 4 is 11.4 Å². The smallest absolute Gasteiger partial charge is 0.0672 e. The van der Waals surface area contributed by atoms with E-state index in [1.54, 1.807) is 0 Å². The van der Waals surface area contributed by atoms with Gasteiger partial charge in [-0.05, 0) is 79.4 Å². The van der Waals surface area contributed by atoms with Gasteiger partial charge in [0.2, 0.25) is 0 Å². The number of benzene rings is 2. The fraction of sp³-hybridized carbons (Fsp3) is 0.269. The van der Waals surface area contributed by atoms with Crippen LogP contribution in [0.5, 0.6) is 0 Å². The van der Waals surface area contributed by atoms with E-state index >= 15 is 0 Å². The van der Waals surface area contributed by atoms with Gasteiger partial charge in [0.15, 0.2) is 0 Å². The Balaban J connectivity index is 1.50. The van der Waals surface area contributed by atoms with Crippen LogP contribution in [0.2, 0.25) is 0 Å². The summed E-state index contributed by atoms with van der Waals surface area (Å²) in [4.78, 5) is 4.99. The third-order valence-corrected chi connectivity index (χ3v) is 5.37. The predicted octanol–water partition coefficient (Wildman–Crippen LogP) is 6.71. The largest absolute Gasteiger partial charge is 0.248 e. The summed E-state index contributed by atoms with van der Waals surface area (Å²) in [5.41, 5.74) is 8.94. The number of rotatable bonds is 5. The fourth-order valence-corrected chi connectivity index (χ4v) is 3.97. The lowest BCUT2D eigenvalue weighted by Gasteiger charge is -2.13. The standard InChI is InChI=1S/C26H27N/c1-20(17-21-9-4-2-5-10-21)18-22-15-16-26-24(19-22)13-8-14-25(27-26)23-11-6-3-7-12-23/h2,4-5,8-11,14-16,19H,1,3,6-7,12-13,17-18H2. The van der Waals surface area contributed by atoms with Crippen LogP contribution in [-0.4, -0.2) is 5.71 Å². The molecule has 0 radical (unpaired) electrons. The van der Waals surface area contributed by atoms with Crippen molar-refractivity contribution in [3.63, 3.8) is 0 Å². The van der Waals surface area contributed by atoms with E-state index in [2.05, 4.69) is 73.3 Å². The second-order valence-corrected chi connectivity index (χ2v) is 7.63. The monoisotopic (exact) mass is 353 g/mol. The highest BCUT2D eigenvalue weighted by molar-refractivity contribution is 6.10. The van der Waals surface area contributed by atoms with Crippen molar-refractivity contribution < 1.29 is 0 Å². The van der Waals surface area contributed by atoms with Crippen LogP contribution in [0.3, 0.4) is 0 Å². The fourth-order valence-electron chi connectivity index (χ4n) is 3.97. The van der Waals surface area contributed by atoms with Crippen molar-refractivity contribution in [2.24, 2.45) is 4.99 Å². The van der Waals surface area contributed by atoms with E-state index in [4.69, 9.17) is 4.99 Å². The van der Waals surface area contributed by atoms with Crippen molar-refractivity contribution in [3.05, 3.63) is 101 Å². The van der Waals surface area contributed by atoms with Gasteiger partial charge >= 0.3 is 0 Å². The molecule has 0 amide bonds. The van der Waals surface area contributed by atoms with E-state index in [9.17, 15) is 0 Å². The normalized spacial score (nSPS) is 16.1. The number of aliphatic imine (C=N–C) groups is 1. The summed E-state index contributed by atoms with van der Waals surface area (Å²) < 4.78 is 0. The lowest BCUT2D eigenvalue weighted by atomic mass is 9.95. The van der Waals surface area contributed by atoms with Crippen LogP contribution in [0.15, 0.2) is 89.5 Å². The van der Waals surface area contributed by atoms with E-state index in [-0.39, 0.29) is 0 Å². The van der Waals surface area contributed by atoms with Gasteiger partial charge in [0, 0.05) is 0 Å². The first-order valence-corrected chi connectivity index (χ1v) is 10.0. The first-order valence-electron chi connectivity index (χ1n) is 10.0. The molecular formula is C26H27N. The van der Waals surface area contributed by atoms with E-state index in [1.165, 1.54) is 47.1 Å². The zero-order valence-electron chi connectivity index (χ0n) is 16.0. The Hall–Kier alpha value is -2.67. The third kappa shape index (κ3) is 4.54. The highest BCUT2D eigenvalue weighted by Gasteiger charge is 2.12. The van der Waals surface area contributed by atoms with Gasteiger partial charge in [0.1, 0.15) is 0 Å². The predicted molar refractivity (Wildman–Crippen MR) is 116 cm³/mol. The molecule has 1 heteroatoms. The molecule has 1 heterocycles. The van der Waals surface area contributed by atoms with Crippen molar-refractivity contribution in [2.75, 3.05) is 0 Å². The van der Waals surface area contributed by atoms with Crippen LogP contribution >= 0.6 is 0 Å². The summed E-state index contributed by atoms with van der Waals surface area (Å²) in [6.45, 7) is 4.30. The Morgan fingerprint density at radius 1 is 0.963 bits per heavy atom. The van der Waals surface area contributed by atoms with E-state index in [0.717, 1.165) is 37.1 Å². The maximum absolute atomic E-state index is 4.99. The lowest BCUT2D eigenvalue weighted by molar-refractivity contribution is 0.717. The average Bonchev–Trinajstić information content (AvgIpc) is 2.91. The second-order valence-electron chi connectivity index (χ2n) is 7.63. The maximum Gasteiger partial charge on any atom is 0.0672 e. The third-order valence-electron chi connectivity index (χ3n) is 5.37. The van der Waals surface area contributed by atoms with E-state index in [1.807, 2.05) is 0 Å². The number of nitrogens with zero attached hydrogens (tertiary/aromatic N) is 1. The molecule has 0 atom stereocenters. The summed E-state index contributed by atoms with van der Waals surface area (Å²) >= 11 is 0. The zero-order valence-corrected chi connectivity index (χ0v) is 16.0. The van der Waals surface area contributed by atoms with Crippen LogP contribution in [0.4, 0.5) is 5.69 Å². The van der Waals surface area contributed by atoms with Gasteiger partial charge in [-0.25, -0.2) is 4.99 Å². The number of hydrogen-bond donors (Lipinski definition) is 0. The minimum absolute atomic E-state index is 0.924. The average molecular weight is 354 g/mol. The minimum atomic E-state index is 0.924. The molecule has 27 heavy (non-hydrogen) atoms. The SMILES string of the molecule is C=C(Cc1ccccc1)Cc1ccc2c(c1)CC=CC(C1=CCCCC1)=N2. The first-order chi connectivity index (χ1) is 13.3. The lowest BCUT2D eigenvalue weighted by Crippen LogP contribution is -2.02. The van der Waals surface area contributed by atoms with Crippen molar-refractivity contribution in [1.82, 2.24) is 0 Å². The van der Waals surface area contributed by atoms with Gasteiger partial charge < -0.3 is 0 Å². The van der Waals surface area contributed by atoms with E-state index in [0.29, 0.717) is 0 Å². The Morgan fingerprint density at radius 2 is 1.81 bits per heavy atom. The molecule has 2 aromatic carbocycles. The van der Waals surface area contributed by atoms with Crippen LogP contribution in [0.25, 0.3) is 0 Å². The molecule has 0 saturated carbocycles. The molecule has 0 unspecified atom stereocenters. The molecule has 1 aliphatic heterocycles. The molecule has 0 spiro atoms. The molecule has 4 rings (SSSR count). The van der Waals surface area contributed by atoms with Gasteiger partial charge in [-0.1, -0.05) is 66.8 Å². The second kappa shape index (κ2) is 8.35. The highest BCUT2D eigenvalue weighted by Crippen LogP contribution is 2.28. The number of fused-ring (bicyclic) bond motifs is 1. The Kier molecular flexibility index (Phi) is 5.48. The molecule has 2 aliphatic rings. The molecule has 136 valence electrons. The van der Waals surface area contributed by atoms with Crippen LogP contribution in [0.1, 0.15) is 42.4 Å². The molecule has 0 aromatic heterocycles. The van der Waals surface area contributed by atoms with Gasteiger partial charge in [-0.3, -0.25) is 0 Å². The number of hydrogen-bond acceptors (Lipinski definition) is 1. The van der Waals surface area contributed by atoms with Gasteiger partial charge in [0.25, 0.3) is 0 Å². The Bertz CT molecular complexity index is 912. The molecule has 0 bridgehead atoms. The van der Waals surface area contributed by atoms with Crippen molar-refractivity contribution in [2.45, 2.75) is 44.9 Å². The quantitative estimate of drug-likeness (QED) is 0.529. The van der Waals surface area contributed by atoms with Gasteiger partial charge in [0.05, 0.1) is 11.4 Å². The highest BCUT2D eigenvalue weighted by atomic mass is 14.8. The molecular weight excluding hydrogens is 326 g/mol. The molecule has 1 nitrogen and oxygen atoms in total. The van der Waals surface area contributed by atoms with Crippen molar-refractivity contribution in [3.8, 4) is 0 Å². The Morgan fingerprint density at radius 3 is 2.63 bits per heavy atom. The topological polar surface area (TPSA) is 12.4 Å². The maximum atomic E-state index is 4.99. The summed E-state index contributed by atoms with van der Waals surface area (Å²) in [5, 5.41) is 0. The zero-order chi connectivity index (χ0) is 18.5. The van der Waals surface area contributed by atoms with Crippen molar-refractivity contribution in [1.29, 1.82) is 0 Å². The molecule has 2 aromatic rings. The van der Waals surface area contributed by atoms with Crippen LogP contribution in [-0.2, 0) is 19.3 Å². The van der Waals surface area contributed by atoms with Gasteiger partial charge in [-0.2, -0.15) is 0 Å². The minimum Gasteiger partial charge on any atom is -0.248 e. The molecule has 0 fully saturated rings. The summed E-state index contributed by atoms with van der Waals surface area (Å²) in [7, 11) is 0. The van der Waals surface area contributed by atoms with Crippen LogP contribution < -0.4 is 0 Å². The molecule has 0 saturated heterocycles. The van der Waals surface area contributed by atoms with E-state index < -0.39 is 0 Å². The van der Waals surface area contributed by atoms with Crippen LogP contribution in [0, 0.1) is 0 Å². The Labute approximate surface area is 162 Å². The number of allylic oxidation sites excluding steroid dienone is 5. The first kappa shape index (κ1) is 17.7. The summed E-state index contributed by atoms with van der Waals surface area (Å²) in [5.74, 6) is 0.